The maximum Gasteiger partial charge on any atom is 0.269 e. The van der Waals surface area contributed by atoms with Gasteiger partial charge in [0.2, 0.25) is 0 Å². The normalized spacial score (nSPS) is 16.1. The van der Waals surface area contributed by atoms with Gasteiger partial charge in [-0.3, -0.25) is 15.1 Å². The van der Waals surface area contributed by atoms with Crippen LogP contribution in [0.2, 0.25) is 0 Å². The molecule has 5 nitrogen and oxygen atoms in total. The van der Waals surface area contributed by atoms with Gasteiger partial charge in [-0.1, -0.05) is 36.4 Å². The van der Waals surface area contributed by atoms with Crippen LogP contribution < -0.4 is 0 Å². The number of nitro benzene ring substituents is 1. The molecule has 1 atom stereocenters. The molecule has 1 N–H and O–H groups in total. The van der Waals surface area contributed by atoms with Crippen molar-refractivity contribution in [2.24, 2.45) is 4.99 Å². The highest BCUT2D eigenvalue weighted by Gasteiger charge is 2.24. The summed E-state index contributed by atoms with van der Waals surface area (Å²) < 4.78 is 0. The number of non-ortho nitro benzene ring substituents is 1. The lowest BCUT2D eigenvalue weighted by Crippen LogP contribution is -2.05. The fourth-order valence-electron chi connectivity index (χ4n) is 3.10. The molecule has 0 amide bonds. The minimum atomic E-state index is -0.395. The van der Waals surface area contributed by atoms with Gasteiger partial charge in [0.15, 0.2) is 0 Å². The maximum absolute atomic E-state index is 10.9. The largest absolute Gasteiger partial charge is 0.507 e. The van der Waals surface area contributed by atoms with E-state index in [9.17, 15) is 15.2 Å². The molecule has 0 saturated heterocycles. The molecule has 1 aliphatic heterocycles. The fourth-order valence-corrected chi connectivity index (χ4v) is 4.33. The minimum absolute atomic E-state index is 0.0350. The highest BCUT2D eigenvalue weighted by molar-refractivity contribution is 7.99. The van der Waals surface area contributed by atoms with Crippen molar-refractivity contribution in [2.75, 3.05) is 0 Å². The van der Waals surface area contributed by atoms with Gasteiger partial charge in [-0.25, -0.2) is 0 Å². The van der Waals surface area contributed by atoms with Crippen LogP contribution in [0.1, 0.15) is 22.8 Å². The summed E-state index contributed by atoms with van der Waals surface area (Å²) in [5, 5.41) is 21.3. The van der Waals surface area contributed by atoms with Crippen molar-refractivity contribution in [1.29, 1.82) is 0 Å². The van der Waals surface area contributed by atoms with E-state index >= 15 is 0 Å². The Kier molecular flexibility index (Phi) is 4.64. The van der Waals surface area contributed by atoms with Crippen molar-refractivity contribution >= 4 is 28.8 Å². The molecule has 3 aromatic carbocycles. The number of thioether (sulfide) groups is 1. The van der Waals surface area contributed by atoms with Crippen LogP contribution in [0.5, 0.6) is 5.75 Å². The van der Waals surface area contributed by atoms with Crippen LogP contribution in [-0.4, -0.2) is 15.7 Å². The maximum atomic E-state index is 10.9. The van der Waals surface area contributed by atoms with Crippen LogP contribution in [0.3, 0.4) is 0 Å². The summed E-state index contributed by atoms with van der Waals surface area (Å²) in [6.07, 6.45) is 0.606. The molecule has 0 spiro atoms. The number of nitro groups is 1. The van der Waals surface area contributed by atoms with Gasteiger partial charge < -0.3 is 5.11 Å². The van der Waals surface area contributed by atoms with Crippen molar-refractivity contribution in [3.63, 3.8) is 0 Å². The zero-order valence-electron chi connectivity index (χ0n) is 14.3. The summed E-state index contributed by atoms with van der Waals surface area (Å²) in [5.74, 6) is 0.197. The average Bonchev–Trinajstić information content (AvgIpc) is 2.88. The Morgan fingerprint density at radius 3 is 2.44 bits per heavy atom. The van der Waals surface area contributed by atoms with Crippen LogP contribution in [0, 0.1) is 10.1 Å². The van der Waals surface area contributed by atoms with Gasteiger partial charge in [0.1, 0.15) is 5.75 Å². The van der Waals surface area contributed by atoms with Crippen LogP contribution in [-0.2, 0) is 0 Å². The summed E-state index contributed by atoms with van der Waals surface area (Å²) in [4.78, 5) is 16.4. The van der Waals surface area contributed by atoms with E-state index in [-0.39, 0.29) is 16.7 Å². The van der Waals surface area contributed by atoms with Gasteiger partial charge in [0.25, 0.3) is 5.69 Å². The molecule has 3 aromatic rings. The number of nitrogens with zero attached hydrogens (tertiary/aromatic N) is 2. The Balaban J connectivity index is 1.78. The number of hydrogen-bond acceptors (Lipinski definition) is 5. The number of aliphatic imine (C=N–C) groups is 1. The van der Waals surface area contributed by atoms with Gasteiger partial charge >= 0.3 is 0 Å². The number of fused-ring (bicyclic) bond motifs is 1. The minimum Gasteiger partial charge on any atom is -0.507 e. The van der Waals surface area contributed by atoms with E-state index in [4.69, 9.17) is 4.99 Å². The number of para-hydroxylation sites is 2. The summed E-state index contributed by atoms with van der Waals surface area (Å²) in [6.45, 7) is 0. The molecule has 0 saturated carbocycles. The Hall–Kier alpha value is -3.12. The first-order valence-corrected chi connectivity index (χ1v) is 9.36. The molecule has 0 aliphatic carbocycles. The van der Waals surface area contributed by atoms with E-state index in [1.54, 1.807) is 36.0 Å². The Morgan fingerprint density at radius 2 is 1.70 bits per heavy atom. The Bertz CT molecular complexity index is 1030. The lowest BCUT2D eigenvalue weighted by Gasteiger charge is -2.16. The molecule has 27 heavy (non-hydrogen) atoms. The highest BCUT2D eigenvalue weighted by Crippen LogP contribution is 2.46. The SMILES string of the molecule is O=[N+]([O-])c1ccc([C@H]2CC(c3ccccc3O)=Nc3ccccc3S2)cc1. The second-order valence-corrected chi connectivity index (χ2v) is 7.45. The molecule has 1 heterocycles. The van der Waals surface area contributed by atoms with Crippen molar-refractivity contribution in [1.82, 2.24) is 0 Å². The third kappa shape index (κ3) is 3.57. The quantitative estimate of drug-likeness (QED) is 0.473. The van der Waals surface area contributed by atoms with Crippen LogP contribution in [0.4, 0.5) is 11.4 Å². The van der Waals surface area contributed by atoms with Gasteiger partial charge in [0, 0.05) is 34.3 Å². The molecule has 0 radical (unpaired) electrons. The molecule has 1 aliphatic rings. The van der Waals surface area contributed by atoms with Crippen molar-refractivity contribution in [3.05, 3.63) is 94.0 Å². The number of aromatic hydroxyl groups is 1. The molecule has 134 valence electrons. The summed E-state index contributed by atoms with van der Waals surface area (Å²) >= 11 is 1.68. The van der Waals surface area contributed by atoms with E-state index in [0.717, 1.165) is 21.9 Å². The number of hydrogen-bond donors (Lipinski definition) is 1. The summed E-state index contributed by atoms with van der Waals surface area (Å²) in [5.41, 5.74) is 3.44. The zero-order valence-corrected chi connectivity index (χ0v) is 15.1. The van der Waals surface area contributed by atoms with E-state index in [1.807, 2.05) is 36.4 Å². The van der Waals surface area contributed by atoms with Gasteiger partial charge in [0.05, 0.1) is 16.3 Å². The van der Waals surface area contributed by atoms with Crippen LogP contribution in [0.25, 0.3) is 0 Å². The van der Waals surface area contributed by atoms with Crippen LogP contribution >= 0.6 is 11.8 Å². The monoisotopic (exact) mass is 376 g/mol. The van der Waals surface area contributed by atoms with Crippen molar-refractivity contribution < 1.29 is 10.0 Å². The molecular formula is C21H16N2O3S. The number of phenols is 1. The number of phenolic OH excluding ortho intramolecular Hbond substituents is 1. The van der Waals surface area contributed by atoms with Crippen molar-refractivity contribution in [2.45, 2.75) is 16.6 Å². The lowest BCUT2D eigenvalue weighted by atomic mass is 10.0. The first kappa shape index (κ1) is 17.3. The first-order valence-electron chi connectivity index (χ1n) is 8.48. The molecular weight excluding hydrogens is 360 g/mol. The van der Waals surface area contributed by atoms with E-state index in [2.05, 4.69) is 0 Å². The molecule has 4 rings (SSSR count). The fraction of sp³-hybridized carbons (Fsp3) is 0.0952. The second-order valence-electron chi connectivity index (χ2n) is 6.20. The molecule has 6 heteroatoms. The standard InChI is InChI=1S/C21H16N2O3S/c24-19-7-3-1-5-16(19)18-13-21(14-9-11-15(12-10-14)23(25)26)27-20-8-4-2-6-17(20)22-18/h1-12,21,24H,13H2/t21-/m1/s1. The average molecular weight is 376 g/mol. The van der Waals surface area contributed by atoms with Gasteiger partial charge in [-0.15, -0.1) is 11.8 Å². The predicted molar refractivity (Wildman–Crippen MR) is 107 cm³/mol. The van der Waals surface area contributed by atoms with Gasteiger partial charge in [-0.05, 0) is 29.8 Å². The number of rotatable bonds is 3. The topological polar surface area (TPSA) is 75.7 Å². The Morgan fingerprint density at radius 1 is 1.00 bits per heavy atom. The third-order valence-corrected chi connectivity index (χ3v) is 5.78. The zero-order chi connectivity index (χ0) is 18.8. The van der Waals surface area contributed by atoms with Gasteiger partial charge in [-0.2, -0.15) is 0 Å². The van der Waals surface area contributed by atoms with E-state index in [1.165, 1.54) is 12.1 Å². The molecule has 0 bridgehead atoms. The van der Waals surface area contributed by atoms with Crippen LogP contribution in [0.15, 0.2) is 82.7 Å². The third-order valence-electron chi connectivity index (χ3n) is 4.46. The van der Waals surface area contributed by atoms with E-state index < -0.39 is 4.92 Å². The van der Waals surface area contributed by atoms with E-state index in [0.29, 0.717) is 12.0 Å². The Labute approximate surface area is 160 Å². The molecule has 0 aromatic heterocycles. The summed E-state index contributed by atoms with van der Waals surface area (Å²) in [7, 11) is 0. The highest BCUT2D eigenvalue weighted by atomic mass is 32.2. The second kappa shape index (κ2) is 7.25. The van der Waals surface area contributed by atoms with Crippen molar-refractivity contribution in [3.8, 4) is 5.75 Å². The molecule has 0 fully saturated rings. The smallest absolute Gasteiger partial charge is 0.269 e. The summed E-state index contributed by atoms with van der Waals surface area (Å²) in [6, 6.07) is 21.7. The predicted octanol–water partition coefficient (Wildman–Crippen LogP) is 5.66. The number of benzene rings is 3. The first-order chi connectivity index (χ1) is 13.1. The lowest BCUT2D eigenvalue weighted by molar-refractivity contribution is -0.384. The molecule has 0 unspecified atom stereocenters.